The molecule has 2 aliphatic rings. The van der Waals surface area contributed by atoms with E-state index in [1.165, 1.54) is 0 Å². The van der Waals surface area contributed by atoms with Gasteiger partial charge in [0, 0.05) is 5.02 Å². The molecule has 1 saturated heterocycles. The number of amides is 1. The van der Waals surface area contributed by atoms with Gasteiger partial charge in [0.1, 0.15) is 5.92 Å². The van der Waals surface area contributed by atoms with Crippen molar-refractivity contribution in [3.05, 3.63) is 58.6 Å². The highest BCUT2D eigenvalue weighted by molar-refractivity contribution is 6.30. The van der Waals surface area contributed by atoms with Crippen molar-refractivity contribution in [3.8, 4) is 11.1 Å². The van der Waals surface area contributed by atoms with Crippen LogP contribution in [0.1, 0.15) is 49.7 Å². The molecule has 2 fully saturated rings. The van der Waals surface area contributed by atoms with Crippen LogP contribution in [0.25, 0.3) is 11.1 Å². The molecule has 3 unspecified atom stereocenters. The van der Waals surface area contributed by atoms with Gasteiger partial charge in [0.2, 0.25) is 5.91 Å². The lowest BCUT2D eigenvalue weighted by Gasteiger charge is -2.35. The molecule has 2 aromatic carbocycles. The number of benzene rings is 2. The number of carbonyl (C=O) groups excluding carboxylic acids is 2. The maximum absolute atomic E-state index is 13.4. The second-order valence-corrected chi connectivity index (χ2v) is 8.58. The van der Waals surface area contributed by atoms with Crippen LogP contribution >= 0.6 is 11.6 Å². The fourth-order valence-electron chi connectivity index (χ4n) is 4.71. The molecule has 1 amide bonds. The van der Waals surface area contributed by atoms with Crippen molar-refractivity contribution in [2.45, 2.75) is 51.0 Å². The summed E-state index contributed by atoms with van der Waals surface area (Å²) in [5.41, 5.74) is 3.14. The van der Waals surface area contributed by atoms with Crippen LogP contribution < -0.4 is 5.32 Å². The molecule has 4 rings (SSSR count). The minimum atomic E-state index is -0.706. The molecular formula is C23H24ClNO2. The molecule has 0 aromatic heterocycles. The van der Waals surface area contributed by atoms with Gasteiger partial charge in [-0.25, -0.2) is 0 Å². The summed E-state index contributed by atoms with van der Waals surface area (Å²) in [5, 5.41) is 3.77. The summed E-state index contributed by atoms with van der Waals surface area (Å²) in [4.78, 5) is 26.2. The maximum atomic E-state index is 13.4. The number of nitrogens with one attached hydrogen (secondary N) is 1. The lowest BCUT2D eigenvalue weighted by Crippen LogP contribution is -2.49. The molecule has 1 N–H and O–H groups in total. The van der Waals surface area contributed by atoms with Crippen molar-refractivity contribution in [3.63, 3.8) is 0 Å². The highest BCUT2D eigenvalue weighted by Gasteiger charge is 2.54. The standard InChI is InChI=1S/C23H24ClNO2/c1-14-4-3-11-23(13-14)21(26)20(22(27)25-23)19-12-17(6-5-15(19)2)16-7-9-18(24)10-8-16/h5-10,12,14,20H,3-4,11,13H2,1-2H3,(H,25,27). The van der Waals surface area contributed by atoms with Crippen LogP contribution in [-0.4, -0.2) is 17.2 Å². The third kappa shape index (κ3) is 3.19. The molecule has 0 radical (unpaired) electrons. The van der Waals surface area contributed by atoms with E-state index in [1.807, 2.05) is 49.4 Å². The lowest BCUT2D eigenvalue weighted by molar-refractivity contribution is -0.126. The van der Waals surface area contributed by atoms with E-state index in [0.29, 0.717) is 10.9 Å². The van der Waals surface area contributed by atoms with Gasteiger partial charge in [-0.2, -0.15) is 0 Å². The number of hydrogen-bond donors (Lipinski definition) is 1. The third-order valence-electron chi connectivity index (χ3n) is 6.12. The Labute approximate surface area is 165 Å². The Morgan fingerprint density at radius 2 is 1.78 bits per heavy atom. The van der Waals surface area contributed by atoms with E-state index in [-0.39, 0.29) is 11.7 Å². The van der Waals surface area contributed by atoms with Gasteiger partial charge in [-0.15, -0.1) is 0 Å². The average molecular weight is 382 g/mol. The highest BCUT2D eigenvalue weighted by atomic mass is 35.5. The Morgan fingerprint density at radius 1 is 1.07 bits per heavy atom. The Balaban J connectivity index is 1.72. The van der Waals surface area contributed by atoms with Gasteiger partial charge in [-0.3, -0.25) is 9.59 Å². The summed E-state index contributed by atoms with van der Waals surface area (Å²) in [6.07, 6.45) is 3.63. The second kappa shape index (κ2) is 6.79. The second-order valence-electron chi connectivity index (χ2n) is 8.15. The number of carbonyl (C=O) groups is 2. The van der Waals surface area contributed by atoms with Crippen LogP contribution in [0.3, 0.4) is 0 Å². The molecule has 1 heterocycles. The molecule has 2 aromatic rings. The molecule has 1 aliphatic carbocycles. The Bertz CT molecular complexity index is 905. The molecule has 27 heavy (non-hydrogen) atoms. The van der Waals surface area contributed by atoms with Crippen LogP contribution in [0.15, 0.2) is 42.5 Å². The lowest BCUT2D eigenvalue weighted by atomic mass is 9.72. The van der Waals surface area contributed by atoms with Crippen LogP contribution in [0.5, 0.6) is 0 Å². The van der Waals surface area contributed by atoms with Crippen LogP contribution in [0.2, 0.25) is 5.02 Å². The number of hydrogen-bond acceptors (Lipinski definition) is 2. The van der Waals surface area contributed by atoms with E-state index in [4.69, 9.17) is 11.6 Å². The SMILES string of the molecule is Cc1ccc(-c2ccc(Cl)cc2)cc1C1C(=O)NC2(CCCC(C)C2)C1=O. The minimum Gasteiger partial charge on any atom is -0.343 e. The largest absolute Gasteiger partial charge is 0.343 e. The fraction of sp³-hybridized carbons (Fsp3) is 0.391. The van der Waals surface area contributed by atoms with Crippen LogP contribution in [-0.2, 0) is 9.59 Å². The summed E-state index contributed by atoms with van der Waals surface area (Å²) in [6, 6.07) is 13.6. The first-order valence-corrected chi connectivity index (χ1v) is 10.0. The van der Waals surface area contributed by atoms with Crippen molar-refractivity contribution in [2.24, 2.45) is 5.92 Å². The number of aryl methyl sites for hydroxylation is 1. The van der Waals surface area contributed by atoms with Crippen LogP contribution in [0, 0.1) is 12.8 Å². The molecule has 4 heteroatoms. The Morgan fingerprint density at radius 3 is 2.48 bits per heavy atom. The summed E-state index contributed by atoms with van der Waals surface area (Å²) in [6.45, 7) is 4.14. The molecule has 3 nitrogen and oxygen atoms in total. The van der Waals surface area contributed by atoms with E-state index in [0.717, 1.165) is 47.9 Å². The third-order valence-corrected chi connectivity index (χ3v) is 6.38. The van der Waals surface area contributed by atoms with Gasteiger partial charge in [0.15, 0.2) is 5.78 Å². The zero-order valence-electron chi connectivity index (χ0n) is 15.7. The van der Waals surface area contributed by atoms with E-state index < -0.39 is 11.5 Å². The van der Waals surface area contributed by atoms with E-state index in [9.17, 15) is 9.59 Å². The van der Waals surface area contributed by atoms with Crippen molar-refractivity contribution in [1.82, 2.24) is 5.32 Å². The van der Waals surface area contributed by atoms with Gasteiger partial charge >= 0.3 is 0 Å². The first kappa shape index (κ1) is 18.2. The number of rotatable bonds is 2. The highest BCUT2D eigenvalue weighted by Crippen LogP contribution is 2.42. The minimum absolute atomic E-state index is 0.0513. The molecule has 1 saturated carbocycles. The van der Waals surface area contributed by atoms with E-state index in [2.05, 4.69) is 12.2 Å². The molecule has 140 valence electrons. The van der Waals surface area contributed by atoms with Gasteiger partial charge in [0.05, 0.1) is 5.54 Å². The molecule has 0 bridgehead atoms. The van der Waals surface area contributed by atoms with E-state index >= 15 is 0 Å². The smallest absolute Gasteiger partial charge is 0.235 e. The van der Waals surface area contributed by atoms with Crippen molar-refractivity contribution in [1.29, 1.82) is 0 Å². The van der Waals surface area contributed by atoms with Crippen molar-refractivity contribution < 1.29 is 9.59 Å². The predicted octanol–water partition coefficient (Wildman–Crippen LogP) is 5.05. The average Bonchev–Trinajstić information content (AvgIpc) is 2.86. The van der Waals surface area contributed by atoms with Gasteiger partial charge in [0.25, 0.3) is 0 Å². The van der Waals surface area contributed by atoms with Gasteiger partial charge < -0.3 is 5.32 Å². The molecular weight excluding hydrogens is 358 g/mol. The summed E-state index contributed by atoms with van der Waals surface area (Å²) >= 11 is 5.99. The van der Waals surface area contributed by atoms with Crippen molar-refractivity contribution >= 4 is 23.3 Å². The topological polar surface area (TPSA) is 46.2 Å². The Hall–Kier alpha value is -2.13. The normalized spacial score (nSPS) is 27.8. The molecule has 1 spiro atoms. The molecule has 3 atom stereocenters. The monoisotopic (exact) mass is 381 g/mol. The summed E-state index contributed by atoms with van der Waals surface area (Å²) in [5.74, 6) is -0.341. The number of Topliss-reactive ketones (excluding diaryl/α,β-unsaturated/α-hetero) is 1. The fourth-order valence-corrected chi connectivity index (χ4v) is 4.84. The van der Waals surface area contributed by atoms with Crippen molar-refractivity contribution in [2.75, 3.05) is 0 Å². The number of halogens is 1. The zero-order valence-corrected chi connectivity index (χ0v) is 16.5. The Kier molecular flexibility index (Phi) is 4.59. The van der Waals surface area contributed by atoms with Gasteiger partial charge in [-0.05, 0) is 66.1 Å². The zero-order chi connectivity index (χ0) is 19.2. The quantitative estimate of drug-likeness (QED) is 0.740. The maximum Gasteiger partial charge on any atom is 0.235 e. The summed E-state index contributed by atoms with van der Waals surface area (Å²) in [7, 11) is 0. The number of ketones is 1. The molecule has 1 aliphatic heterocycles. The van der Waals surface area contributed by atoms with Gasteiger partial charge in [-0.1, -0.05) is 55.6 Å². The first-order chi connectivity index (χ1) is 12.9. The van der Waals surface area contributed by atoms with E-state index in [1.54, 1.807) is 0 Å². The summed E-state index contributed by atoms with van der Waals surface area (Å²) < 4.78 is 0. The predicted molar refractivity (Wildman–Crippen MR) is 108 cm³/mol. The first-order valence-electron chi connectivity index (χ1n) is 9.62. The van der Waals surface area contributed by atoms with Crippen LogP contribution in [0.4, 0.5) is 0 Å².